The molecule has 45 heavy (non-hydrogen) atoms. The van der Waals surface area contributed by atoms with Crippen LogP contribution in [0.4, 0.5) is 0 Å². The summed E-state index contributed by atoms with van der Waals surface area (Å²) in [5.74, 6) is 0. The Balaban J connectivity index is 1.19. The minimum atomic E-state index is 1.23. The van der Waals surface area contributed by atoms with E-state index in [4.69, 9.17) is 0 Å². The van der Waals surface area contributed by atoms with E-state index in [-0.39, 0.29) is 0 Å². The highest BCUT2D eigenvalue weighted by molar-refractivity contribution is 7.25. The predicted octanol–water partition coefficient (Wildman–Crippen LogP) is 13.2. The highest BCUT2D eigenvalue weighted by Gasteiger charge is 2.16. The molecule has 0 aliphatic heterocycles. The first-order chi connectivity index (χ1) is 22.3. The predicted molar refractivity (Wildman–Crippen MR) is 198 cm³/mol. The third kappa shape index (κ3) is 3.65. The van der Waals surface area contributed by atoms with E-state index in [0.717, 1.165) is 0 Å². The lowest BCUT2D eigenvalue weighted by atomic mass is 9.86. The van der Waals surface area contributed by atoms with Crippen LogP contribution in [0.25, 0.3) is 96.3 Å². The Morgan fingerprint density at radius 2 is 0.622 bits per heavy atom. The molecular formula is C44H26S. The van der Waals surface area contributed by atoms with Crippen molar-refractivity contribution in [3.8, 4) is 22.3 Å². The Morgan fingerprint density at radius 3 is 1.20 bits per heavy atom. The molecule has 1 heteroatoms. The zero-order valence-electron chi connectivity index (χ0n) is 24.4. The Labute approximate surface area is 264 Å². The van der Waals surface area contributed by atoms with Gasteiger partial charge in [0.15, 0.2) is 0 Å². The topological polar surface area (TPSA) is 0 Å². The molecule has 0 unspecified atom stereocenters. The molecule has 9 aromatic carbocycles. The molecular weight excluding hydrogens is 561 g/mol. The second-order valence-electron chi connectivity index (χ2n) is 12.0. The van der Waals surface area contributed by atoms with Crippen molar-refractivity contribution in [1.82, 2.24) is 0 Å². The van der Waals surface area contributed by atoms with Gasteiger partial charge in [-0.2, -0.15) is 0 Å². The fourth-order valence-corrected chi connectivity index (χ4v) is 8.65. The van der Waals surface area contributed by atoms with E-state index >= 15 is 0 Å². The first-order valence-electron chi connectivity index (χ1n) is 15.5. The quantitative estimate of drug-likeness (QED) is 0.177. The summed E-state index contributed by atoms with van der Waals surface area (Å²) in [6.07, 6.45) is 0. The molecule has 0 saturated carbocycles. The van der Waals surface area contributed by atoms with Crippen molar-refractivity contribution in [1.29, 1.82) is 0 Å². The molecule has 0 N–H and O–H groups in total. The lowest BCUT2D eigenvalue weighted by molar-refractivity contribution is 1.62. The smallest absolute Gasteiger partial charge is 0.0355 e. The number of fused-ring (bicyclic) bond motifs is 14. The number of hydrogen-bond acceptors (Lipinski definition) is 1. The number of rotatable bonds is 2. The third-order valence-electron chi connectivity index (χ3n) is 9.64. The largest absolute Gasteiger partial charge is 0.135 e. The van der Waals surface area contributed by atoms with Gasteiger partial charge in [-0.3, -0.25) is 0 Å². The molecule has 1 aromatic heterocycles. The summed E-state index contributed by atoms with van der Waals surface area (Å²) in [4.78, 5) is 0. The van der Waals surface area contributed by atoms with E-state index in [0.29, 0.717) is 0 Å². The first kappa shape index (κ1) is 24.9. The maximum Gasteiger partial charge on any atom is 0.0355 e. The normalized spacial score (nSPS) is 12.0. The van der Waals surface area contributed by atoms with Gasteiger partial charge in [-0.15, -0.1) is 11.3 Å². The maximum absolute atomic E-state index is 2.42. The molecule has 10 aromatic rings. The van der Waals surface area contributed by atoms with E-state index in [9.17, 15) is 0 Å². The molecule has 1 heterocycles. The minimum absolute atomic E-state index is 1.23. The summed E-state index contributed by atoms with van der Waals surface area (Å²) in [6.45, 7) is 0. The van der Waals surface area contributed by atoms with Crippen LogP contribution in [0.5, 0.6) is 0 Å². The average molecular weight is 587 g/mol. The molecule has 0 spiro atoms. The van der Waals surface area contributed by atoms with Crippen LogP contribution >= 0.6 is 11.3 Å². The average Bonchev–Trinajstić information content (AvgIpc) is 3.49. The molecule has 0 bridgehead atoms. The molecule has 0 aliphatic carbocycles. The van der Waals surface area contributed by atoms with Gasteiger partial charge >= 0.3 is 0 Å². The number of thiophene rings is 1. The number of hydrogen-bond donors (Lipinski definition) is 0. The van der Waals surface area contributed by atoms with Crippen molar-refractivity contribution < 1.29 is 0 Å². The molecule has 0 nitrogen and oxygen atoms in total. The minimum Gasteiger partial charge on any atom is -0.135 e. The van der Waals surface area contributed by atoms with E-state index in [1.165, 1.54) is 96.3 Å². The van der Waals surface area contributed by atoms with Crippen LogP contribution in [0.3, 0.4) is 0 Å². The summed E-state index contributed by atoms with van der Waals surface area (Å²) in [5.41, 5.74) is 4.97. The summed E-state index contributed by atoms with van der Waals surface area (Å²) in [6, 6.07) is 58.5. The fraction of sp³-hybridized carbons (Fsp3) is 0. The van der Waals surface area contributed by atoms with E-state index in [1.807, 2.05) is 11.3 Å². The van der Waals surface area contributed by atoms with Crippen LogP contribution in [0.15, 0.2) is 158 Å². The van der Waals surface area contributed by atoms with Crippen LogP contribution in [0, 0.1) is 0 Å². The Kier molecular flexibility index (Phi) is 5.25. The summed E-state index contributed by atoms with van der Waals surface area (Å²) >= 11 is 1.87. The van der Waals surface area contributed by atoms with Gasteiger partial charge in [-0.1, -0.05) is 133 Å². The first-order valence-corrected chi connectivity index (χ1v) is 16.3. The molecule has 0 aliphatic rings. The zero-order valence-corrected chi connectivity index (χ0v) is 25.2. The number of benzene rings is 9. The molecule has 10 rings (SSSR count). The van der Waals surface area contributed by atoms with Crippen LogP contribution in [-0.4, -0.2) is 0 Å². The lowest BCUT2D eigenvalue weighted by Gasteiger charge is -2.17. The standard InChI is InChI=1S/C44H26S/c1-4-13-36-31(9-1)32-10-2-6-15-38(32)44-40-26-29(21-23-34(40)33-11-3-5-14-37(33)43(36)44)27-17-19-28(20-18-27)30-22-24-42-39(25-30)35-12-7-8-16-41(35)45-42/h1-26H. The monoisotopic (exact) mass is 586 g/mol. The van der Waals surface area contributed by atoms with Gasteiger partial charge in [0.1, 0.15) is 0 Å². The van der Waals surface area contributed by atoms with Crippen molar-refractivity contribution >= 4 is 85.4 Å². The van der Waals surface area contributed by atoms with Crippen molar-refractivity contribution in [2.45, 2.75) is 0 Å². The van der Waals surface area contributed by atoms with Gasteiger partial charge < -0.3 is 0 Å². The SMILES string of the molecule is c1ccc2c(c1)sc1ccc(-c3ccc(-c4ccc5c6ccccc6c6c7ccccc7c7ccccc7c6c5c4)cc3)cc12. The second-order valence-corrected chi connectivity index (χ2v) is 13.1. The summed E-state index contributed by atoms with van der Waals surface area (Å²) in [5, 5.41) is 15.8. The van der Waals surface area contributed by atoms with Crippen LogP contribution < -0.4 is 0 Å². The zero-order chi connectivity index (χ0) is 29.5. The van der Waals surface area contributed by atoms with Gasteiger partial charge in [0.25, 0.3) is 0 Å². The highest BCUT2D eigenvalue weighted by atomic mass is 32.1. The maximum atomic E-state index is 2.42. The highest BCUT2D eigenvalue weighted by Crippen LogP contribution is 2.45. The third-order valence-corrected chi connectivity index (χ3v) is 10.8. The van der Waals surface area contributed by atoms with Gasteiger partial charge in [0.2, 0.25) is 0 Å². The van der Waals surface area contributed by atoms with E-state index in [1.54, 1.807) is 0 Å². The van der Waals surface area contributed by atoms with Crippen molar-refractivity contribution in [3.63, 3.8) is 0 Å². The molecule has 0 atom stereocenters. The van der Waals surface area contributed by atoms with Gasteiger partial charge in [-0.05, 0) is 100 Å². The van der Waals surface area contributed by atoms with Gasteiger partial charge in [0, 0.05) is 20.2 Å². The molecule has 208 valence electrons. The Hall–Kier alpha value is -5.50. The fourth-order valence-electron chi connectivity index (χ4n) is 7.56. The molecule has 0 fully saturated rings. The van der Waals surface area contributed by atoms with Crippen LogP contribution in [0.1, 0.15) is 0 Å². The molecule has 0 amide bonds. The summed E-state index contributed by atoms with van der Waals surface area (Å²) < 4.78 is 2.69. The Bertz CT molecular complexity index is 2780. The van der Waals surface area contributed by atoms with Crippen LogP contribution in [-0.2, 0) is 0 Å². The van der Waals surface area contributed by atoms with Crippen LogP contribution in [0.2, 0.25) is 0 Å². The van der Waals surface area contributed by atoms with Crippen molar-refractivity contribution in [3.05, 3.63) is 158 Å². The Morgan fingerprint density at radius 1 is 0.244 bits per heavy atom. The van der Waals surface area contributed by atoms with E-state index in [2.05, 4.69) is 158 Å². The van der Waals surface area contributed by atoms with Gasteiger partial charge in [-0.25, -0.2) is 0 Å². The van der Waals surface area contributed by atoms with Crippen molar-refractivity contribution in [2.75, 3.05) is 0 Å². The van der Waals surface area contributed by atoms with Crippen molar-refractivity contribution in [2.24, 2.45) is 0 Å². The van der Waals surface area contributed by atoms with Gasteiger partial charge in [0.05, 0.1) is 0 Å². The second kappa shape index (κ2) is 9.50. The van der Waals surface area contributed by atoms with E-state index < -0.39 is 0 Å². The summed E-state index contributed by atoms with van der Waals surface area (Å²) in [7, 11) is 0. The lowest BCUT2D eigenvalue weighted by Crippen LogP contribution is -1.89. The molecule has 0 radical (unpaired) electrons. The molecule has 0 saturated heterocycles.